The molecular weight excluding hydrogens is 184 g/mol. The first-order chi connectivity index (χ1) is 4.46. The number of aliphatic hydroxyl groups excluding tert-OH is 2. The van der Waals surface area contributed by atoms with Crippen molar-refractivity contribution in [1.82, 2.24) is 0 Å². The van der Waals surface area contributed by atoms with Gasteiger partial charge in [0.25, 0.3) is 0 Å². The Bertz CT molecular complexity index is 139. The fraction of sp³-hybridized carbons (Fsp3) is 0.500. The predicted molar refractivity (Wildman–Crippen MR) is 27.3 cm³/mol. The van der Waals surface area contributed by atoms with Crippen molar-refractivity contribution in [1.29, 1.82) is 0 Å². The second-order valence-electron chi connectivity index (χ2n) is 1.57. The fourth-order valence-corrected chi connectivity index (χ4v) is 0.270. The number of aliphatic carboxylic acids is 2. The molecule has 0 amide bonds. The normalized spacial score (nSPS) is 14.4. The second kappa shape index (κ2) is 5.73. The Balaban J connectivity index is 0. The average Bonchev–Trinajstić information content (AvgIpc) is 1.84. The van der Waals surface area contributed by atoms with Crippen LogP contribution in [0.4, 0.5) is 0 Å². The summed E-state index contributed by atoms with van der Waals surface area (Å²) in [6, 6.07) is 0. The van der Waals surface area contributed by atoms with Gasteiger partial charge in [-0.15, -0.1) is 0 Å². The SMILES string of the molecule is O=C(O)C(O)C(O)C(=O)O.[Ar]. The Morgan fingerprint density at radius 2 is 1.09 bits per heavy atom. The molecule has 2 atom stereocenters. The van der Waals surface area contributed by atoms with Gasteiger partial charge in [-0.2, -0.15) is 0 Å². The van der Waals surface area contributed by atoms with Crippen LogP contribution in [0.25, 0.3) is 0 Å². The van der Waals surface area contributed by atoms with E-state index in [2.05, 4.69) is 0 Å². The second-order valence-corrected chi connectivity index (χ2v) is 1.57. The summed E-state index contributed by atoms with van der Waals surface area (Å²) in [4.78, 5) is 19.5. The minimum Gasteiger partial charge on any atom is -0.479 e. The molecular formula is C4H6ArO6. The maximum Gasteiger partial charge on any atom is 0.335 e. The van der Waals surface area contributed by atoms with E-state index in [9.17, 15) is 9.59 Å². The van der Waals surface area contributed by atoms with E-state index >= 15 is 0 Å². The zero-order valence-corrected chi connectivity index (χ0v) is 5.82. The van der Waals surface area contributed by atoms with Crippen molar-refractivity contribution in [2.75, 3.05) is 0 Å². The zero-order valence-electron chi connectivity index (χ0n) is 5.11. The molecule has 0 aliphatic carbocycles. The summed E-state index contributed by atoms with van der Waals surface area (Å²) in [5, 5.41) is 32.5. The molecule has 6 nitrogen and oxygen atoms in total. The van der Waals surface area contributed by atoms with E-state index in [0.29, 0.717) is 0 Å². The van der Waals surface area contributed by atoms with Crippen LogP contribution in [-0.2, 0) is 9.59 Å². The molecule has 4 N–H and O–H groups in total. The molecule has 66 valence electrons. The van der Waals surface area contributed by atoms with Crippen molar-refractivity contribution in [2.45, 2.75) is 12.2 Å². The molecule has 0 radical (unpaired) electrons. The average molecular weight is 190 g/mol. The van der Waals surface area contributed by atoms with Crippen LogP contribution in [-0.4, -0.2) is 44.6 Å². The maximum absolute atomic E-state index is 9.77. The van der Waals surface area contributed by atoms with E-state index in [0.717, 1.165) is 0 Å². The summed E-state index contributed by atoms with van der Waals surface area (Å²) < 4.78 is 0. The molecule has 0 saturated heterocycles. The molecule has 0 aromatic carbocycles. The summed E-state index contributed by atoms with van der Waals surface area (Å²) in [5.74, 6) is -3.54. The van der Waals surface area contributed by atoms with Gasteiger partial charge >= 0.3 is 11.9 Å². The van der Waals surface area contributed by atoms with Crippen LogP contribution in [0.1, 0.15) is 0 Å². The van der Waals surface area contributed by atoms with Crippen LogP contribution < -0.4 is 0 Å². The largest absolute Gasteiger partial charge is 0.479 e. The third kappa shape index (κ3) is 4.54. The molecule has 7 heteroatoms. The van der Waals surface area contributed by atoms with Crippen molar-refractivity contribution in [3.05, 3.63) is 0 Å². The van der Waals surface area contributed by atoms with Gasteiger partial charge < -0.3 is 20.4 Å². The Morgan fingerprint density at radius 1 is 0.909 bits per heavy atom. The van der Waals surface area contributed by atoms with Gasteiger partial charge in [-0.25, -0.2) is 9.59 Å². The van der Waals surface area contributed by atoms with Crippen LogP contribution in [0.5, 0.6) is 0 Å². The quantitative estimate of drug-likeness (QED) is 0.404. The van der Waals surface area contributed by atoms with Crippen molar-refractivity contribution >= 4 is 11.9 Å². The van der Waals surface area contributed by atoms with Gasteiger partial charge in [0, 0.05) is 37.7 Å². The summed E-state index contributed by atoms with van der Waals surface area (Å²) in [7, 11) is 0. The van der Waals surface area contributed by atoms with E-state index < -0.39 is 24.1 Å². The molecule has 0 fully saturated rings. The van der Waals surface area contributed by atoms with E-state index in [1.807, 2.05) is 0 Å². The molecule has 0 aromatic rings. The third-order valence-electron chi connectivity index (χ3n) is 0.805. The van der Waals surface area contributed by atoms with Gasteiger partial charge in [-0.3, -0.25) is 0 Å². The van der Waals surface area contributed by atoms with Crippen LogP contribution in [0.2, 0.25) is 0 Å². The fourth-order valence-electron chi connectivity index (χ4n) is 0.270. The van der Waals surface area contributed by atoms with Gasteiger partial charge in [0.05, 0.1) is 0 Å². The van der Waals surface area contributed by atoms with Gasteiger partial charge in [0.1, 0.15) is 0 Å². The monoisotopic (exact) mass is 190 g/mol. The van der Waals surface area contributed by atoms with Gasteiger partial charge in [0.2, 0.25) is 0 Å². The number of carbonyl (C=O) groups is 2. The van der Waals surface area contributed by atoms with Crippen molar-refractivity contribution in [3.63, 3.8) is 0 Å². The molecule has 11 heavy (non-hydrogen) atoms. The minimum absolute atomic E-state index is 0. The molecule has 0 heterocycles. The third-order valence-corrected chi connectivity index (χ3v) is 0.805. The number of aliphatic hydroxyl groups is 2. The molecule has 0 aliphatic heterocycles. The standard InChI is InChI=1S/C4H6O6.Ar/c5-1(3(7)8)2(6)4(9)10;/h1-2,5-6H,(H,7,8)(H,9,10);. The molecule has 0 bridgehead atoms. The number of hydrogen-bond acceptors (Lipinski definition) is 4. The van der Waals surface area contributed by atoms with Gasteiger partial charge in [0.15, 0.2) is 12.2 Å². The number of carboxylic acids is 2. The molecule has 0 aliphatic rings. The Labute approximate surface area is 91.4 Å². The number of carboxylic acid groups (broad SMARTS) is 2. The first kappa shape index (κ1) is 13.7. The van der Waals surface area contributed by atoms with E-state index in [1.165, 1.54) is 0 Å². The first-order valence-corrected chi connectivity index (χ1v) is 2.28. The molecule has 0 rings (SSSR count). The predicted octanol–water partition coefficient (Wildman–Crippen LogP) is -2.12. The van der Waals surface area contributed by atoms with Crippen molar-refractivity contribution < 1.29 is 67.8 Å². The first-order valence-electron chi connectivity index (χ1n) is 2.28. The van der Waals surface area contributed by atoms with Gasteiger partial charge in [-0.1, -0.05) is 0 Å². The summed E-state index contributed by atoms with van der Waals surface area (Å²) >= 11 is 0. The minimum atomic E-state index is -2.27. The van der Waals surface area contributed by atoms with Crippen LogP contribution in [0.3, 0.4) is 0 Å². The summed E-state index contributed by atoms with van der Waals surface area (Å²) in [5.41, 5.74) is 0. The Kier molecular flexibility index (Phi) is 7.13. The Morgan fingerprint density at radius 3 is 1.18 bits per heavy atom. The topological polar surface area (TPSA) is 115 Å². The molecule has 0 spiro atoms. The van der Waals surface area contributed by atoms with Crippen molar-refractivity contribution in [3.8, 4) is 0 Å². The smallest absolute Gasteiger partial charge is 0.335 e. The van der Waals surface area contributed by atoms with E-state index in [4.69, 9.17) is 20.4 Å². The van der Waals surface area contributed by atoms with Crippen molar-refractivity contribution in [2.24, 2.45) is 0 Å². The number of hydrogen-bond donors (Lipinski definition) is 4. The summed E-state index contributed by atoms with van der Waals surface area (Å²) in [6.07, 6.45) is -4.53. The molecule has 0 saturated carbocycles. The van der Waals surface area contributed by atoms with E-state index in [-0.39, 0.29) is 37.7 Å². The molecule has 0 aromatic heterocycles. The van der Waals surface area contributed by atoms with E-state index in [1.54, 1.807) is 0 Å². The number of rotatable bonds is 3. The van der Waals surface area contributed by atoms with Crippen LogP contribution in [0.15, 0.2) is 0 Å². The van der Waals surface area contributed by atoms with Gasteiger partial charge in [-0.05, 0) is 0 Å². The maximum atomic E-state index is 9.77. The van der Waals surface area contributed by atoms with Crippen LogP contribution in [0, 0.1) is 37.7 Å². The van der Waals surface area contributed by atoms with Crippen LogP contribution >= 0.6 is 0 Å². The molecule has 2 unspecified atom stereocenters. The Hall–Kier alpha value is 0.120. The zero-order chi connectivity index (χ0) is 8.31. The summed E-state index contributed by atoms with van der Waals surface area (Å²) in [6.45, 7) is 0.